The SMILES string of the molecule is CCOC(=O)CCCCCNC(=O)COCC(=O)OC. The topological polar surface area (TPSA) is 90.9 Å². The van der Waals surface area contributed by atoms with E-state index in [1.54, 1.807) is 6.92 Å². The lowest BCUT2D eigenvalue weighted by Gasteiger charge is -2.05. The molecule has 0 unspecified atom stereocenters. The molecule has 0 heterocycles. The van der Waals surface area contributed by atoms with Crippen molar-refractivity contribution in [3.05, 3.63) is 0 Å². The van der Waals surface area contributed by atoms with E-state index in [1.807, 2.05) is 0 Å². The summed E-state index contributed by atoms with van der Waals surface area (Å²) >= 11 is 0. The van der Waals surface area contributed by atoms with Crippen molar-refractivity contribution in [3.63, 3.8) is 0 Å². The number of nitrogens with one attached hydrogen (secondary N) is 1. The van der Waals surface area contributed by atoms with Crippen molar-refractivity contribution in [1.29, 1.82) is 0 Å². The van der Waals surface area contributed by atoms with Crippen LogP contribution in [0.1, 0.15) is 32.6 Å². The first-order chi connectivity index (χ1) is 9.60. The molecule has 0 saturated heterocycles. The molecule has 1 amide bonds. The largest absolute Gasteiger partial charge is 0.467 e. The molecule has 0 radical (unpaired) electrons. The number of unbranched alkanes of at least 4 members (excludes halogenated alkanes) is 2. The maximum atomic E-state index is 11.3. The van der Waals surface area contributed by atoms with Gasteiger partial charge in [-0.15, -0.1) is 0 Å². The van der Waals surface area contributed by atoms with Crippen LogP contribution in [-0.4, -0.2) is 51.3 Å². The lowest BCUT2D eigenvalue weighted by Crippen LogP contribution is -2.29. The van der Waals surface area contributed by atoms with Crippen molar-refractivity contribution >= 4 is 17.8 Å². The predicted molar refractivity (Wildman–Crippen MR) is 70.9 cm³/mol. The molecule has 0 saturated carbocycles. The summed E-state index contributed by atoms with van der Waals surface area (Å²) in [5, 5.41) is 2.66. The Balaban J connectivity index is 3.35. The van der Waals surface area contributed by atoms with Gasteiger partial charge in [-0.25, -0.2) is 4.79 Å². The molecule has 20 heavy (non-hydrogen) atoms. The minimum Gasteiger partial charge on any atom is -0.467 e. The Labute approximate surface area is 118 Å². The van der Waals surface area contributed by atoms with Crippen LogP contribution in [0.3, 0.4) is 0 Å². The fourth-order valence-electron chi connectivity index (χ4n) is 1.37. The highest BCUT2D eigenvalue weighted by Gasteiger charge is 2.05. The van der Waals surface area contributed by atoms with E-state index >= 15 is 0 Å². The van der Waals surface area contributed by atoms with Crippen molar-refractivity contribution in [3.8, 4) is 0 Å². The Hall–Kier alpha value is -1.63. The molecule has 0 bridgehead atoms. The first kappa shape index (κ1) is 18.4. The third-order valence-corrected chi connectivity index (χ3v) is 2.37. The average molecular weight is 289 g/mol. The van der Waals surface area contributed by atoms with Crippen molar-refractivity contribution in [2.75, 3.05) is 33.5 Å². The summed E-state index contributed by atoms with van der Waals surface area (Å²) < 4.78 is 14.0. The first-order valence-electron chi connectivity index (χ1n) is 6.67. The van der Waals surface area contributed by atoms with E-state index in [0.717, 1.165) is 19.3 Å². The summed E-state index contributed by atoms with van der Waals surface area (Å²) in [5.74, 6) is -0.983. The fourth-order valence-corrected chi connectivity index (χ4v) is 1.37. The van der Waals surface area contributed by atoms with Crippen molar-refractivity contribution < 1.29 is 28.6 Å². The van der Waals surface area contributed by atoms with E-state index in [2.05, 4.69) is 10.1 Å². The van der Waals surface area contributed by atoms with Gasteiger partial charge in [0.05, 0.1) is 13.7 Å². The molecular formula is C13H23NO6. The van der Waals surface area contributed by atoms with E-state index in [9.17, 15) is 14.4 Å². The van der Waals surface area contributed by atoms with Gasteiger partial charge in [0, 0.05) is 13.0 Å². The molecule has 0 spiro atoms. The fraction of sp³-hybridized carbons (Fsp3) is 0.769. The summed E-state index contributed by atoms with van der Waals surface area (Å²) in [5.41, 5.74) is 0. The standard InChI is InChI=1S/C13H23NO6/c1-3-20-12(16)7-5-4-6-8-14-11(15)9-19-10-13(17)18-2/h3-10H2,1-2H3,(H,14,15). The Morgan fingerprint density at radius 1 is 1.00 bits per heavy atom. The molecule has 0 aliphatic rings. The van der Waals surface area contributed by atoms with Gasteiger partial charge in [0.25, 0.3) is 0 Å². The second kappa shape index (κ2) is 12.4. The molecule has 0 aromatic carbocycles. The van der Waals surface area contributed by atoms with Gasteiger partial charge in [0.15, 0.2) is 0 Å². The molecule has 0 aliphatic carbocycles. The van der Waals surface area contributed by atoms with E-state index in [-0.39, 0.29) is 25.1 Å². The van der Waals surface area contributed by atoms with Crippen LogP contribution in [0.5, 0.6) is 0 Å². The lowest BCUT2D eigenvalue weighted by molar-refractivity contribution is -0.147. The molecule has 0 aromatic rings. The molecule has 1 N–H and O–H groups in total. The number of esters is 2. The summed E-state index contributed by atoms with van der Waals surface area (Å²) in [6, 6.07) is 0. The maximum absolute atomic E-state index is 11.3. The number of hydrogen-bond donors (Lipinski definition) is 1. The molecular weight excluding hydrogens is 266 g/mol. The van der Waals surface area contributed by atoms with E-state index in [1.165, 1.54) is 7.11 Å². The predicted octanol–water partition coefficient (Wildman–Crippen LogP) is 0.416. The van der Waals surface area contributed by atoms with Crippen molar-refractivity contribution in [2.45, 2.75) is 32.6 Å². The summed E-state index contributed by atoms with van der Waals surface area (Å²) in [6.07, 6.45) is 2.77. The van der Waals surface area contributed by atoms with Crippen LogP contribution in [0.15, 0.2) is 0 Å². The van der Waals surface area contributed by atoms with Crippen LogP contribution in [-0.2, 0) is 28.6 Å². The minimum atomic E-state index is -0.517. The van der Waals surface area contributed by atoms with Crippen LogP contribution in [0.4, 0.5) is 0 Å². The van der Waals surface area contributed by atoms with Crippen molar-refractivity contribution in [2.24, 2.45) is 0 Å². The number of amides is 1. The van der Waals surface area contributed by atoms with Crippen LogP contribution in [0.2, 0.25) is 0 Å². The summed E-state index contributed by atoms with van der Waals surface area (Å²) in [4.78, 5) is 33.0. The second-order valence-corrected chi connectivity index (χ2v) is 4.03. The molecule has 0 aliphatic heterocycles. The van der Waals surface area contributed by atoms with Gasteiger partial charge in [-0.05, 0) is 19.8 Å². The van der Waals surface area contributed by atoms with Gasteiger partial charge in [-0.1, -0.05) is 6.42 Å². The van der Waals surface area contributed by atoms with Gasteiger partial charge in [-0.3, -0.25) is 9.59 Å². The van der Waals surface area contributed by atoms with Gasteiger partial charge in [-0.2, -0.15) is 0 Å². The smallest absolute Gasteiger partial charge is 0.331 e. The van der Waals surface area contributed by atoms with E-state index in [0.29, 0.717) is 19.6 Å². The number of carbonyl (C=O) groups is 3. The van der Waals surface area contributed by atoms with Crippen LogP contribution in [0.25, 0.3) is 0 Å². The van der Waals surface area contributed by atoms with Gasteiger partial charge < -0.3 is 19.5 Å². The average Bonchev–Trinajstić information content (AvgIpc) is 2.42. The van der Waals surface area contributed by atoms with Crippen LogP contribution >= 0.6 is 0 Å². The molecule has 0 rings (SSSR count). The highest BCUT2D eigenvalue weighted by atomic mass is 16.6. The lowest BCUT2D eigenvalue weighted by atomic mass is 10.2. The number of ether oxygens (including phenoxy) is 3. The highest BCUT2D eigenvalue weighted by Crippen LogP contribution is 2.00. The Morgan fingerprint density at radius 2 is 1.75 bits per heavy atom. The second-order valence-electron chi connectivity index (χ2n) is 4.03. The number of hydrogen-bond acceptors (Lipinski definition) is 6. The zero-order chi connectivity index (χ0) is 15.2. The summed E-state index contributed by atoms with van der Waals surface area (Å²) in [6.45, 7) is 2.29. The molecule has 0 atom stereocenters. The number of carbonyl (C=O) groups excluding carboxylic acids is 3. The molecule has 7 nitrogen and oxygen atoms in total. The number of methoxy groups -OCH3 is 1. The third kappa shape index (κ3) is 11.5. The maximum Gasteiger partial charge on any atom is 0.331 e. The quantitative estimate of drug-likeness (QED) is 0.438. The molecule has 0 fully saturated rings. The summed E-state index contributed by atoms with van der Waals surface area (Å²) in [7, 11) is 1.25. The molecule has 0 aromatic heterocycles. The Kier molecular flexibility index (Phi) is 11.4. The van der Waals surface area contributed by atoms with Crippen LogP contribution < -0.4 is 5.32 Å². The van der Waals surface area contributed by atoms with Gasteiger partial charge in [0.1, 0.15) is 13.2 Å². The monoisotopic (exact) mass is 289 g/mol. The Bertz CT molecular complexity index is 305. The minimum absolute atomic E-state index is 0.169. The normalized spacial score (nSPS) is 9.90. The Morgan fingerprint density at radius 3 is 2.40 bits per heavy atom. The highest BCUT2D eigenvalue weighted by molar-refractivity contribution is 5.77. The number of rotatable bonds is 11. The molecule has 7 heteroatoms. The third-order valence-electron chi connectivity index (χ3n) is 2.37. The van der Waals surface area contributed by atoms with Gasteiger partial charge >= 0.3 is 11.9 Å². The zero-order valence-electron chi connectivity index (χ0n) is 12.1. The molecule has 116 valence electrons. The zero-order valence-corrected chi connectivity index (χ0v) is 12.1. The van der Waals surface area contributed by atoms with Gasteiger partial charge in [0.2, 0.25) is 5.91 Å². The van der Waals surface area contributed by atoms with Crippen molar-refractivity contribution in [1.82, 2.24) is 5.32 Å². The van der Waals surface area contributed by atoms with Crippen LogP contribution in [0, 0.1) is 0 Å². The van der Waals surface area contributed by atoms with E-state index in [4.69, 9.17) is 9.47 Å². The first-order valence-corrected chi connectivity index (χ1v) is 6.67. The van der Waals surface area contributed by atoms with E-state index < -0.39 is 5.97 Å².